The van der Waals surface area contributed by atoms with Crippen molar-refractivity contribution in [3.8, 4) is 0 Å². The Labute approximate surface area is 80.4 Å². The standard InChI is InChI=1S/C8H5BFNO3/c1-14-8(12)4-2-5(9)7(10)6(3-4)11-13/h2-3H,1H3. The van der Waals surface area contributed by atoms with E-state index < -0.39 is 17.5 Å². The number of benzene rings is 1. The number of rotatable bonds is 2. The average Bonchev–Trinajstić information content (AvgIpc) is 2.20. The second kappa shape index (κ2) is 4.00. The molecule has 1 rings (SSSR count). The molecule has 70 valence electrons. The molecule has 0 aliphatic carbocycles. The lowest BCUT2D eigenvalue weighted by Gasteiger charge is -2.03. The number of methoxy groups -OCH3 is 1. The molecule has 0 spiro atoms. The summed E-state index contributed by atoms with van der Waals surface area (Å²) in [7, 11) is 6.37. The van der Waals surface area contributed by atoms with Gasteiger partial charge >= 0.3 is 5.97 Å². The highest BCUT2D eigenvalue weighted by Gasteiger charge is 2.12. The van der Waals surface area contributed by atoms with Crippen molar-refractivity contribution in [1.82, 2.24) is 0 Å². The zero-order valence-corrected chi connectivity index (χ0v) is 7.28. The van der Waals surface area contributed by atoms with Gasteiger partial charge in [-0.05, 0) is 11.2 Å². The zero-order valence-electron chi connectivity index (χ0n) is 7.28. The van der Waals surface area contributed by atoms with Crippen LogP contribution < -0.4 is 5.46 Å². The lowest BCUT2D eigenvalue weighted by Crippen LogP contribution is -2.13. The van der Waals surface area contributed by atoms with E-state index in [4.69, 9.17) is 7.85 Å². The molecule has 0 N–H and O–H groups in total. The Morgan fingerprint density at radius 3 is 2.71 bits per heavy atom. The third-order valence-electron chi connectivity index (χ3n) is 1.60. The first-order chi connectivity index (χ1) is 6.60. The second-order valence-corrected chi connectivity index (χ2v) is 2.48. The lowest BCUT2D eigenvalue weighted by atomic mass is 9.93. The van der Waals surface area contributed by atoms with Gasteiger partial charge in [0.2, 0.25) is 0 Å². The number of nitroso groups, excluding NO2 is 1. The molecule has 14 heavy (non-hydrogen) atoms. The molecule has 6 heteroatoms. The Balaban J connectivity index is 3.29. The molecule has 0 fully saturated rings. The minimum absolute atomic E-state index is 0.0130. The Morgan fingerprint density at radius 1 is 1.57 bits per heavy atom. The molecule has 0 amide bonds. The van der Waals surface area contributed by atoms with Gasteiger partial charge in [-0.2, -0.15) is 0 Å². The molecule has 0 aliphatic heterocycles. The van der Waals surface area contributed by atoms with Crippen LogP contribution in [0.15, 0.2) is 17.3 Å². The second-order valence-electron chi connectivity index (χ2n) is 2.48. The van der Waals surface area contributed by atoms with Crippen molar-refractivity contribution >= 4 is 25.0 Å². The summed E-state index contributed by atoms with van der Waals surface area (Å²) in [6.07, 6.45) is 0. The van der Waals surface area contributed by atoms with Crippen molar-refractivity contribution in [1.29, 1.82) is 0 Å². The number of hydrogen-bond acceptors (Lipinski definition) is 4. The van der Waals surface area contributed by atoms with Crippen molar-refractivity contribution in [2.45, 2.75) is 0 Å². The molecular weight excluding hydrogens is 188 g/mol. The Kier molecular flexibility index (Phi) is 2.96. The fraction of sp³-hybridized carbons (Fsp3) is 0.125. The van der Waals surface area contributed by atoms with Crippen LogP contribution in [0.1, 0.15) is 10.4 Å². The summed E-state index contributed by atoms with van der Waals surface area (Å²) in [5.41, 5.74) is -0.839. The van der Waals surface area contributed by atoms with E-state index in [1.165, 1.54) is 0 Å². The third kappa shape index (κ3) is 1.79. The van der Waals surface area contributed by atoms with Crippen molar-refractivity contribution in [3.05, 3.63) is 28.4 Å². The molecule has 0 aromatic heterocycles. The van der Waals surface area contributed by atoms with E-state index >= 15 is 0 Å². The fourth-order valence-electron chi connectivity index (χ4n) is 0.933. The van der Waals surface area contributed by atoms with Gasteiger partial charge in [-0.25, -0.2) is 9.18 Å². The van der Waals surface area contributed by atoms with E-state index in [2.05, 4.69) is 9.91 Å². The molecule has 1 aromatic rings. The van der Waals surface area contributed by atoms with E-state index in [0.717, 1.165) is 19.2 Å². The van der Waals surface area contributed by atoms with Crippen molar-refractivity contribution in [2.24, 2.45) is 5.18 Å². The Hall–Kier alpha value is -1.72. The molecule has 2 radical (unpaired) electrons. The van der Waals surface area contributed by atoms with Crippen molar-refractivity contribution in [3.63, 3.8) is 0 Å². The van der Waals surface area contributed by atoms with Crippen LogP contribution >= 0.6 is 0 Å². The molecule has 0 atom stereocenters. The fourth-order valence-corrected chi connectivity index (χ4v) is 0.933. The monoisotopic (exact) mass is 193 g/mol. The van der Waals surface area contributed by atoms with Crippen molar-refractivity contribution < 1.29 is 13.9 Å². The van der Waals surface area contributed by atoms with Gasteiger partial charge < -0.3 is 4.74 Å². The highest BCUT2D eigenvalue weighted by Crippen LogP contribution is 2.17. The summed E-state index contributed by atoms with van der Waals surface area (Å²) in [5.74, 6) is -1.64. The predicted molar refractivity (Wildman–Crippen MR) is 48.6 cm³/mol. The number of nitrogens with zero attached hydrogens (tertiary/aromatic N) is 1. The number of esters is 1. The van der Waals surface area contributed by atoms with Gasteiger partial charge in [-0.3, -0.25) is 0 Å². The Morgan fingerprint density at radius 2 is 2.21 bits per heavy atom. The molecule has 1 aromatic carbocycles. The van der Waals surface area contributed by atoms with Crippen LogP contribution in [0.3, 0.4) is 0 Å². The molecule has 0 heterocycles. The summed E-state index contributed by atoms with van der Waals surface area (Å²) in [4.78, 5) is 21.1. The van der Waals surface area contributed by atoms with Crippen LogP contribution in [0, 0.1) is 10.7 Å². The minimum atomic E-state index is -0.937. The number of hydrogen-bond donors (Lipinski definition) is 0. The van der Waals surface area contributed by atoms with Crippen LogP contribution in [-0.4, -0.2) is 20.9 Å². The van der Waals surface area contributed by atoms with Crippen LogP contribution in [0.25, 0.3) is 0 Å². The van der Waals surface area contributed by atoms with E-state index in [1.807, 2.05) is 0 Å². The normalized spacial score (nSPS) is 9.57. The molecule has 0 saturated heterocycles. The molecular formula is C8H5BFNO3. The SMILES string of the molecule is [B]c1cc(C(=O)OC)cc(N=O)c1F. The lowest BCUT2D eigenvalue weighted by molar-refractivity contribution is 0.0601. The van der Waals surface area contributed by atoms with Gasteiger partial charge in [0, 0.05) is 0 Å². The Bertz CT molecular complexity index is 394. The van der Waals surface area contributed by atoms with Crippen LogP contribution in [0.4, 0.5) is 10.1 Å². The maximum Gasteiger partial charge on any atom is 0.337 e. The van der Waals surface area contributed by atoms with Gasteiger partial charge in [0.15, 0.2) is 0 Å². The van der Waals surface area contributed by atoms with Gasteiger partial charge in [-0.15, -0.1) is 4.91 Å². The molecule has 0 bridgehead atoms. The van der Waals surface area contributed by atoms with Gasteiger partial charge in [0.05, 0.1) is 12.7 Å². The average molecular weight is 193 g/mol. The van der Waals surface area contributed by atoms with Crippen LogP contribution in [0.2, 0.25) is 0 Å². The van der Waals surface area contributed by atoms with E-state index in [0.29, 0.717) is 0 Å². The van der Waals surface area contributed by atoms with E-state index in [-0.39, 0.29) is 11.0 Å². The summed E-state index contributed by atoms with van der Waals surface area (Å²) in [6, 6.07) is 2.06. The molecule has 0 unspecified atom stereocenters. The highest BCUT2D eigenvalue weighted by atomic mass is 19.1. The molecule has 0 saturated carbocycles. The summed E-state index contributed by atoms with van der Waals surface area (Å²) < 4.78 is 17.3. The number of carbonyl (C=O) groups is 1. The van der Waals surface area contributed by atoms with Gasteiger partial charge in [-0.1, -0.05) is 11.5 Å². The highest BCUT2D eigenvalue weighted by molar-refractivity contribution is 6.33. The van der Waals surface area contributed by atoms with Gasteiger partial charge in [0.1, 0.15) is 19.4 Å². The summed E-state index contributed by atoms with van der Waals surface area (Å²) >= 11 is 0. The quantitative estimate of drug-likeness (QED) is 0.396. The zero-order chi connectivity index (χ0) is 10.7. The summed E-state index contributed by atoms with van der Waals surface area (Å²) in [6.45, 7) is 0. The first kappa shape index (κ1) is 10.4. The molecule has 0 aliphatic rings. The number of ether oxygens (including phenoxy) is 1. The third-order valence-corrected chi connectivity index (χ3v) is 1.60. The molecule has 4 nitrogen and oxygen atoms in total. The first-order valence-corrected chi connectivity index (χ1v) is 3.61. The van der Waals surface area contributed by atoms with E-state index in [1.54, 1.807) is 0 Å². The van der Waals surface area contributed by atoms with Crippen LogP contribution in [0.5, 0.6) is 0 Å². The van der Waals surface area contributed by atoms with Crippen LogP contribution in [-0.2, 0) is 4.74 Å². The summed E-state index contributed by atoms with van der Waals surface area (Å²) in [5, 5.41) is 2.40. The maximum atomic E-state index is 13.0. The number of halogens is 1. The number of carbonyl (C=O) groups excluding carboxylic acids is 1. The largest absolute Gasteiger partial charge is 0.465 e. The first-order valence-electron chi connectivity index (χ1n) is 3.61. The van der Waals surface area contributed by atoms with E-state index in [9.17, 15) is 14.1 Å². The predicted octanol–water partition coefficient (Wildman–Crippen LogP) is 0.804. The maximum absolute atomic E-state index is 13.0. The van der Waals surface area contributed by atoms with Gasteiger partial charge in [0.25, 0.3) is 0 Å². The minimum Gasteiger partial charge on any atom is -0.465 e. The smallest absolute Gasteiger partial charge is 0.337 e. The van der Waals surface area contributed by atoms with Crippen molar-refractivity contribution in [2.75, 3.05) is 7.11 Å². The topological polar surface area (TPSA) is 55.7 Å².